The van der Waals surface area contributed by atoms with Crippen molar-refractivity contribution in [2.45, 2.75) is 52.7 Å². The molecular weight excluding hydrogens is 528 g/mol. The van der Waals surface area contributed by atoms with E-state index in [-0.39, 0.29) is 42.7 Å². The number of quaternary nitrogens is 1. The van der Waals surface area contributed by atoms with Crippen LogP contribution < -0.4 is 22.0 Å². The predicted molar refractivity (Wildman–Crippen MR) is 153 cm³/mol. The van der Waals surface area contributed by atoms with Crippen LogP contribution in [0.1, 0.15) is 56.2 Å². The van der Waals surface area contributed by atoms with Crippen LogP contribution in [0, 0.1) is 0 Å². The Balaban J connectivity index is 0.00000441. The van der Waals surface area contributed by atoms with Gasteiger partial charge in [-0.25, -0.2) is 9.59 Å². The molecule has 0 aliphatic carbocycles. The Hall–Kier alpha value is -3.81. The van der Waals surface area contributed by atoms with E-state index in [0.717, 1.165) is 22.0 Å². The number of ether oxygens (including phenoxy) is 1. The Morgan fingerprint density at radius 3 is 2.05 bits per heavy atom. The summed E-state index contributed by atoms with van der Waals surface area (Å²) in [6, 6.07) is 21.8. The summed E-state index contributed by atoms with van der Waals surface area (Å²) in [6.07, 6.45) is 0.0214. The van der Waals surface area contributed by atoms with Gasteiger partial charge in [-0.3, -0.25) is 0 Å². The van der Waals surface area contributed by atoms with Gasteiger partial charge in [0.1, 0.15) is 18.0 Å². The third kappa shape index (κ3) is 6.66. The number of benzene rings is 3. The molecule has 0 fully saturated rings. The molecule has 1 heterocycles. The highest BCUT2D eigenvalue weighted by atomic mass is 35.5. The van der Waals surface area contributed by atoms with Gasteiger partial charge in [0.2, 0.25) is 0 Å². The molecule has 4 rings (SSSR count). The van der Waals surface area contributed by atoms with E-state index in [1.54, 1.807) is 11.6 Å². The zero-order valence-corrected chi connectivity index (χ0v) is 24.5. The molecule has 0 aliphatic heterocycles. The second-order valence-electron chi connectivity index (χ2n) is 11.4. The molecular formula is C32H37ClN2O5. The van der Waals surface area contributed by atoms with Gasteiger partial charge < -0.3 is 36.8 Å². The molecule has 1 unspecified atom stereocenters. The van der Waals surface area contributed by atoms with Crippen molar-refractivity contribution in [3.63, 3.8) is 0 Å². The number of carboxylic acid groups (broad SMARTS) is 2. The van der Waals surface area contributed by atoms with Gasteiger partial charge in [0.15, 0.2) is 6.54 Å². The van der Waals surface area contributed by atoms with E-state index in [2.05, 4.69) is 45.0 Å². The molecule has 0 amide bonds. The number of fused-ring (bicyclic) bond motifs is 1. The standard InChI is InChI=1S/C32H36N2O5.ClH/c1-20(2)39-25-14-12-24(13-15-25)34-28-16-9-22(21-7-10-23(11-8-21)32(3,4)5)17-26(28)27(30(34)31(37)38)18-33(6)19-29(35)36;/h7-17,20H,18-19H2,1-6H3,(H,35,36)(H,37,38);1H. The normalized spacial score (nSPS) is 12.3. The Bertz CT molecular complexity index is 1500. The fraction of sp³-hybridized carbons (Fsp3) is 0.312. The Kier molecular flexibility index (Phi) is 9.33. The minimum atomic E-state index is -1.07. The zero-order chi connectivity index (χ0) is 28.5. The lowest BCUT2D eigenvalue weighted by Gasteiger charge is -2.19. The first-order chi connectivity index (χ1) is 18.3. The molecule has 3 N–H and O–H groups in total. The SMILES string of the molecule is CC(C)Oc1ccc(-n2c(C(=O)O)c(C[NH+](C)CC(=O)O)c3cc(-c4ccc(C(C)(C)C)cc4)ccc32)cc1.[Cl-]. The lowest BCUT2D eigenvalue weighted by Crippen LogP contribution is -3.08. The largest absolute Gasteiger partial charge is 1.00 e. The first kappa shape index (κ1) is 30.7. The third-order valence-corrected chi connectivity index (χ3v) is 6.76. The van der Waals surface area contributed by atoms with Crippen molar-refractivity contribution in [2.24, 2.45) is 0 Å². The van der Waals surface area contributed by atoms with Crippen LogP contribution in [0.5, 0.6) is 5.75 Å². The maximum Gasteiger partial charge on any atom is 0.359 e. The number of nitrogens with zero attached hydrogens (tertiary/aromatic N) is 1. The Morgan fingerprint density at radius 2 is 1.52 bits per heavy atom. The number of halogens is 1. The van der Waals surface area contributed by atoms with Gasteiger partial charge >= 0.3 is 11.9 Å². The number of hydrogen-bond acceptors (Lipinski definition) is 3. The molecule has 0 radical (unpaired) electrons. The monoisotopic (exact) mass is 564 g/mol. The quantitative estimate of drug-likeness (QED) is 0.290. The van der Waals surface area contributed by atoms with E-state index in [1.807, 2.05) is 56.3 Å². The number of hydrogen-bond donors (Lipinski definition) is 3. The topological polar surface area (TPSA) is 93.2 Å². The molecule has 0 aliphatic rings. The summed E-state index contributed by atoms with van der Waals surface area (Å²) >= 11 is 0. The van der Waals surface area contributed by atoms with E-state index in [4.69, 9.17) is 4.74 Å². The Labute approximate surface area is 241 Å². The molecule has 8 heteroatoms. The van der Waals surface area contributed by atoms with Crippen molar-refractivity contribution >= 4 is 22.8 Å². The summed E-state index contributed by atoms with van der Waals surface area (Å²) in [7, 11) is 1.76. The molecule has 1 atom stereocenters. The minimum absolute atomic E-state index is 0. The lowest BCUT2D eigenvalue weighted by atomic mass is 9.86. The van der Waals surface area contributed by atoms with Crippen LogP contribution in [0.25, 0.3) is 27.7 Å². The van der Waals surface area contributed by atoms with Gasteiger partial charge in [0.25, 0.3) is 0 Å². The highest BCUT2D eigenvalue weighted by Gasteiger charge is 2.27. The highest BCUT2D eigenvalue weighted by Crippen LogP contribution is 2.34. The number of aromatic carboxylic acids is 1. The van der Waals surface area contributed by atoms with Crippen LogP contribution in [0.4, 0.5) is 0 Å². The summed E-state index contributed by atoms with van der Waals surface area (Å²) in [5, 5.41) is 20.5. The lowest BCUT2D eigenvalue weighted by molar-refractivity contribution is -0.886. The van der Waals surface area contributed by atoms with Crippen LogP contribution in [-0.4, -0.2) is 46.4 Å². The van der Waals surface area contributed by atoms with E-state index in [0.29, 0.717) is 21.9 Å². The van der Waals surface area contributed by atoms with Crippen molar-refractivity contribution in [1.29, 1.82) is 0 Å². The van der Waals surface area contributed by atoms with Crippen LogP contribution in [0.2, 0.25) is 0 Å². The molecule has 0 saturated heterocycles. The molecule has 40 heavy (non-hydrogen) atoms. The molecule has 3 aromatic carbocycles. The zero-order valence-electron chi connectivity index (χ0n) is 23.8. The van der Waals surface area contributed by atoms with E-state index < -0.39 is 11.9 Å². The molecule has 0 spiro atoms. The highest BCUT2D eigenvalue weighted by molar-refractivity contribution is 6.01. The number of rotatable bonds is 9. The molecule has 4 aromatic rings. The first-order valence-corrected chi connectivity index (χ1v) is 13.2. The fourth-order valence-electron chi connectivity index (χ4n) is 4.94. The molecule has 0 bridgehead atoms. The number of nitrogens with one attached hydrogen (secondary N) is 1. The summed E-state index contributed by atoms with van der Waals surface area (Å²) in [6.45, 7) is 10.5. The van der Waals surface area contributed by atoms with Crippen molar-refractivity contribution in [3.8, 4) is 22.6 Å². The average Bonchev–Trinajstić information content (AvgIpc) is 3.16. The van der Waals surface area contributed by atoms with E-state index in [9.17, 15) is 19.8 Å². The summed E-state index contributed by atoms with van der Waals surface area (Å²) in [5.74, 6) is -1.30. The number of likely N-dealkylation sites (N-methyl/N-ethyl adjacent to an activating group) is 1. The van der Waals surface area contributed by atoms with Gasteiger partial charge in [-0.05, 0) is 72.4 Å². The summed E-state index contributed by atoms with van der Waals surface area (Å²) in [5.41, 5.74) is 5.44. The van der Waals surface area contributed by atoms with Gasteiger partial charge in [-0.2, -0.15) is 0 Å². The fourth-order valence-corrected chi connectivity index (χ4v) is 4.94. The maximum absolute atomic E-state index is 12.7. The number of aliphatic carboxylic acids is 1. The van der Waals surface area contributed by atoms with Gasteiger partial charge in [0.05, 0.1) is 18.7 Å². The Morgan fingerprint density at radius 1 is 0.925 bits per heavy atom. The van der Waals surface area contributed by atoms with E-state index >= 15 is 0 Å². The number of carboxylic acids is 2. The van der Waals surface area contributed by atoms with Gasteiger partial charge in [0, 0.05) is 16.6 Å². The molecule has 1 aromatic heterocycles. The van der Waals surface area contributed by atoms with E-state index in [1.165, 1.54) is 5.56 Å². The van der Waals surface area contributed by atoms with Gasteiger partial charge in [-0.1, -0.05) is 51.1 Å². The summed E-state index contributed by atoms with van der Waals surface area (Å²) < 4.78 is 7.52. The van der Waals surface area contributed by atoms with Crippen LogP contribution in [0.15, 0.2) is 66.7 Å². The molecule has 0 saturated carbocycles. The van der Waals surface area contributed by atoms with Crippen molar-refractivity contribution in [1.82, 2.24) is 4.57 Å². The summed E-state index contributed by atoms with van der Waals surface area (Å²) in [4.78, 5) is 24.8. The number of carbonyl (C=O) groups is 2. The first-order valence-electron chi connectivity index (χ1n) is 13.2. The minimum Gasteiger partial charge on any atom is -1.00 e. The van der Waals surface area contributed by atoms with Crippen molar-refractivity contribution in [3.05, 3.63) is 83.6 Å². The van der Waals surface area contributed by atoms with Crippen LogP contribution in [-0.2, 0) is 16.8 Å². The second-order valence-corrected chi connectivity index (χ2v) is 11.4. The van der Waals surface area contributed by atoms with Crippen molar-refractivity contribution < 1.29 is 41.8 Å². The smallest absolute Gasteiger partial charge is 0.359 e. The molecule has 212 valence electrons. The molecule has 7 nitrogen and oxygen atoms in total. The number of aromatic nitrogens is 1. The second kappa shape index (κ2) is 12.1. The predicted octanol–water partition coefficient (Wildman–Crippen LogP) is 2.18. The van der Waals surface area contributed by atoms with Crippen LogP contribution in [0.3, 0.4) is 0 Å². The van der Waals surface area contributed by atoms with Crippen molar-refractivity contribution in [2.75, 3.05) is 13.6 Å². The van der Waals surface area contributed by atoms with Gasteiger partial charge in [-0.15, -0.1) is 0 Å². The van der Waals surface area contributed by atoms with Crippen LogP contribution >= 0.6 is 0 Å². The average molecular weight is 565 g/mol. The maximum atomic E-state index is 12.7. The third-order valence-electron chi connectivity index (χ3n) is 6.76.